The summed E-state index contributed by atoms with van der Waals surface area (Å²) in [6, 6.07) is 4.46. The van der Waals surface area contributed by atoms with Gasteiger partial charge in [0.1, 0.15) is 5.82 Å². The first-order valence-corrected chi connectivity index (χ1v) is 7.80. The lowest BCUT2D eigenvalue weighted by molar-refractivity contribution is 0.179. The molecule has 1 aromatic carbocycles. The Morgan fingerprint density at radius 3 is 2.75 bits per heavy atom. The molecule has 1 N–H and O–H groups in total. The van der Waals surface area contributed by atoms with E-state index in [1.54, 1.807) is 6.07 Å². The van der Waals surface area contributed by atoms with Crippen molar-refractivity contribution in [3.63, 3.8) is 0 Å². The molecule has 2 aromatic rings. The molecule has 1 unspecified atom stereocenters. The second-order valence-corrected chi connectivity index (χ2v) is 7.33. The fraction of sp³-hybridized carbons (Fsp3) is 0.429. The Hall–Kier alpha value is -0.850. The maximum absolute atomic E-state index is 13.3. The largest absolute Gasteiger partial charge is 0.387 e. The van der Waals surface area contributed by atoms with Crippen molar-refractivity contribution in [2.45, 2.75) is 38.7 Å². The predicted molar refractivity (Wildman–Crippen MR) is 81.4 cm³/mol. The maximum Gasteiger partial charge on any atom is 0.123 e. The Bertz CT molecular complexity index is 609. The van der Waals surface area contributed by atoms with Crippen LogP contribution >= 0.6 is 27.5 Å². The van der Waals surface area contributed by atoms with Crippen LogP contribution in [0.3, 0.4) is 0 Å². The van der Waals surface area contributed by atoms with E-state index in [1.807, 2.05) is 20.8 Å². The molecule has 0 saturated heterocycles. The van der Waals surface area contributed by atoms with Crippen molar-refractivity contribution in [1.29, 1.82) is 0 Å². The van der Waals surface area contributed by atoms with Gasteiger partial charge in [-0.3, -0.25) is 0 Å². The minimum Gasteiger partial charge on any atom is -0.387 e. The van der Waals surface area contributed by atoms with Crippen molar-refractivity contribution in [1.82, 2.24) is 9.59 Å². The summed E-state index contributed by atoms with van der Waals surface area (Å²) in [5, 5.41) is 14.5. The Labute approximate surface area is 130 Å². The van der Waals surface area contributed by atoms with E-state index in [4.69, 9.17) is 0 Å². The van der Waals surface area contributed by atoms with Gasteiger partial charge in [-0.25, -0.2) is 4.39 Å². The molecule has 1 heterocycles. The molecule has 0 bridgehead atoms. The van der Waals surface area contributed by atoms with E-state index in [1.165, 1.54) is 23.7 Å². The van der Waals surface area contributed by atoms with Crippen molar-refractivity contribution in [2.75, 3.05) is 0 Å². The van der Waals surface area contributed by atoms with Crippen LogP contribution in [0.15, 0.2) is 22.7 Å². The molecule has 1 aromatic heterocycles. The van der Waals surface area contributed by atoms with E-state index in [0.717, 1.165) is 20.6 Å². The number of nitrogens with zero attached hydrogens (tertiary/aromatic N) is 2. The van der Waals surface area contributed by atoms with E-state index in [-0.39, 0.29) is 11.2 Å². The van der Waals surface area contributed by atoms with Crippen LogP contribution in [-0.4, -0.2) is 14.7 Å². The first-order valence-electron chi connectivity index (χ1n) is 6.23. The van der Waals surface area contributed by atoms with Gasteiger partial charge in [-0.15, -0.1) is 5.10 Å². The minimum atomic E-state index is -0.734. The fourth-order valence-corrected chi connectivity index (χ4v) is 3.19. The van der Waals surface area contributed by atoms with Crippen LogP contribution in [0.4, 0.5) is 4.39 Å². The third-order valence-electron chi connectivity index (χ3n) is 2.95. The molecule has 0 fully saturated rings. The van der Waals surface area contributed by atoms with Gasteiger partial charge in [0, 0.05) is 16.3 Å². The van der Waals surface area contributed by atoms with Crippen molar-refractivity contribution in [3.8, 4) is 0 Å². The minimum absolute atomic E-state index is 0.178. The van der Waals surface area contributed by atoms with Crippen LogP contribution in [0.1, 0.15) is 43.0 Å². The SMILES string of the molecule is CC(C)(C)c1nnsc1C(O)Cc1cc(F)ccc1Br. The van der Waals surface area contributed by atoms with Gasteiger partial charge in [0.25, 0.3) is 0 Å². The van der Waals surface area contributed by atoms with Gasteiger partial charge in [-0.1, -0.05) is 41.2 Å². The molecule has 1 atom stereocenters. The zero-order valence-electron chi connectivity index (χ0n) is 11.5. The molecule has 2 rings (SSSR count). The molecule has 3 nitrogen and oxygen atoms in total. The van der Waals surface area contributed by atoms with Gasteiger partial charge < -0.3 is 5.11 Å². The first kappa shape index (κ1) is 15.5. The number of hydrogen-bond acceptors (Lipinski definition) is 4. The Balaban J connectivity index is 2.27. The van der Waals surface area contributed by atoms with Crippen molar-refractivity contribution in [3.05, 3.63) is 44.6 Å². The number of benzene rings is 1. The monoisotopic (exact) mass is 358 g/mol. The average molecular weight is 359 g/mol. The maximum atomic E-state index is 13.3. The normalized spacial score (nSPS) is 13.5. The number of aromatic nitrogens is 2. The van der Waals surface area contributed by atoms with Crippen molar-refractivity contribution < 1.29 is 9.50 Å². The molecule has 0 radical (unpaired) electrons. The van der Waals surface area contributed by atoms with Crippen LogP contribution in [-0.2, 0) is 11.8 Å². The molecule has 6 heteroatoms. The lowest BCUT2D eigenvalue weighted by Gasteiger charge is -2.19. The highest BCUT2D eigenvalue weighted by molar-refractivity contribution is 9.10. The Morgan fingerprint density at radius 1 is 1.40 bits per heavy atom. The molecule has 108 valence electrons. The van der Waals surface area contributed by atoms with Gasteiger partial charge in [0.05, 0.1) is 16.7 Å². The molecule has 0 aliphatic heterocycles. The summed E-state index contributed by atoms with van der Waals surface area (Å²) in [5.41, 5.74) is 1.34. The molecule has 20 heavy (non-hydrogen) atoms. The number of rotatable bonds is 3. The summed E-state index contributed by atoms with van der Waals surface area (Å²) in [7, 11) is 0. The van der Waals surface area contributed by atoms with E-state index in [0.29, 0.717) is 6.42 Å². The van der Waals surface area contributed by atoms with Gasteiger partial charge in [0.15, 0.2) is 0 Å². The third kappa shape index (κ3) is 3.42. The molecule has 0 aliphatic rings. The third-order valence-corrected chi connectivity index (χ3v) is 4.55. The summed E-state index contributed by atoms with van der Waals surface area (Å²) in [5.74, 6) is -0.311. The molecule has 0 spiro atoms. The zero-order valence-corrected chi connectivity index (χ0v) is 13.9. The van der Waals surface area contributed by atoms with Crippen molar-refractivity contribution >= 4 is 27.5 Å². The zero-order chi connectivity index (χ0) is 14.9. The van der Waals surface area contributed by atoms with E-state index in [2.05, 4.69) is 25.5 Å². The van der Waals surface area contributed by atoms with Gasteiger partial charge in [-0.2, -0.15) is 0 Å². The lowest BCUT2D eigenvalue weighted by Crippen LogP contribution is -2.16. The smallest absolute Gasteiger partial charge is 0.123 e. The quantitative estimate of drug-likeness (QED) is 0.901. The molecular formula is C14H16BrFN2OS. The van der Waals surface area contributed by atoms with E-state index < -0.39 is 6.10 Å². The molecule has 0 amide bonds. The molecular weight excluding hydrogens is 343 g/mol. The predicted octanol–water partition coefficient (Wildman–Crippen LogP) is 4.01. The molecule has 0 aliphatic carbocycles. The van der Waals surface area contributed by atoms with Gasteiger partial charge >= 0.3 is 0 Å². The number of halogens is 2. The summed E-state index contributed by atoms with van der Waals surface area (Å²) >= 11 is 4.57. The van der Waals surface area contributed by atoms with Crippen LogP contribution in [0, 0.1) is 5.82 Å². The summed E-state index contributed by atoms with van der Waals surface area (Å²) in [6.07, 6.45) is -0.409. The van der Waals surface area contributed by atoms with Gasteiger partial charge in [0.2, 0.25) is 0 Å². The second kappa shape index (κ2) is 5.87. The highest BCUT2D eigenvalue weighted by Crippen LogP contribution is 2.33. The number of aliphatic hydroxyl groups is 1. The summed E-state index contributed by atoms with van der Waals surface area (Å²) in [6.45, 7) is 6.08. The highest BCUT2D eigenvalue weighted by Gasteiger charge is 2.26. The summed E-state index contributed by atoms with van der Waals surface area (Å²) < 4.78 is 18.0. The van der Waals surface area contributed by atoms with Crippen LogP contribution in [0.5, 0.6) is 0 Å². The van der Waals surface area contributed by atoms with E-state index in [9.17, 15) is 9.50 Å². The number of hydrogen-bond donors (Lipinski definition) is 1. The van der Waals surface area contributed by atoms with Crippen LogP contribution in [0.25, 0.3) is 0 Å². The van der Waals surface area contributed by atoms with Crippen LogP contribution < -0.4 is 0 Å². The Morgan fingerprint density at radius 2 is 2.10 bits per heavy atom. The standard InChI is InChI=1S/C14H16BrFN2OS/c1-14(2,3)13-12(20-18-17-13)11(19)7-8-6-9(16)4-5-10(8)15/h4-6,11,19H,7H2,1-3H3. The summed E-state index contributed by atoms with van der Waals surface area (Å²) in [4.78, 5) is 0.744. The lowest BCUT2D eigenvalue weighted by atomic mass is 9.89. The highest BCUT2D eigenvalue weighted by atomic mass is 79.9. The first-order chi connectivity index (χ1) is 9.29. The Kier molecular flexibility index (Phi) is 4.56. The van der Waals surface area contributed by atoms with Crippen molar-refractivity contribution in [2.24, 2.45) is 0 Å². The average Bonchev–Trinajstić information content (AvgIpc) is 2.82. The topological polar surface area (TPSA) is 46.0 Å². The molecule has 0 saturated carbocycles. The second-order valence-electron chi connectivity index (χ2n) is 5.69. The van der Waals surface area contributed by atoms with Gasteiger partial charge in [-0.05, 0) is 35.3 Å². The fourth-order valence-electron chi connectivity index (χ4n) is 1.94. The van der Waals surface area contributed by atoms with E-state index >= 15 is 0 Å². The number of aliphatic hydroxyl groups excluding tert-OH is 1. The van der Waals surface area contributed by atoms with Crippen LogP contribution in [0.2, 0.25) is 0 Å².